The van der Waals surface area contributed by atoms with E-state index in [1.165, 1.54) is 0 Å². The van der Waals surface area contributed by atoms with Gasteiger partial charge < -0.3 is 9.22 Å². The Labute approximate surface area is 91.1 Å². The minimum absolute atomic E-state index is 0.0930. The summed E-state index contributed by atoms with van der Waals surface area (Å²) in [6.07, 6.45) is -0.531. The van der Waals surface area contributed by atoms with E-state index in [9.17, 15) is 13.6 Å². The standard InChI is InChI=1S/C10H20F2O2Si/c1-9(2,3)15(4,5)14-8-10(11,12)6-7-13/h7H,6,8H2,1-5H3. The van der Waals surface area contributed by atoms with Gasteiger partial charge in [-0.3, -0.25) is 0 Å². The van der Waals surface area contributed by atoms with Gasteiger partial charge in [-0.2, -0.15) is 0 Å². The van der Waals surface area contributed by atoms with Crippen molar-refractivity contribution in [1.82, 2.24) is 0 Å². The average molecular weight is 238 g/mol. The van der Waals surface area contributed by atoms with E-state index < -0.39 is 27.3 Å². The van der Waals surface area contributed by atoms with Crippen LogP contribution in [0.25, 0.3) is 0 Å². The first-order valence-electron chi connectivity index (χ1n) is 4.97. The maximum Gasteiger partial charge on any atom is 0.276 e. The van der Waals surface area contributed by atoms with Gasteiger partial charge in [-0.05, 0) is 18.1 Å². The first kappa shape index (κ1) is 14.7. The molecule has 0 atom stereocenters. The predicted molar refractivity (Wildman–Crippen MR) is 58.8 cm³/mol. The highest BCUT2D eigenvalue weighted by atomic mass is 28.4. The Morgan fingerprint density at radius 3 is 2.07 bits per heavy atom. The van der Waals surface area contributed by atoms with Gasteiger partial charge in [0.25, 0.3) is 5.92 Å². The maximum absolute atomic E-state index is 13.0. The molecule has 0 aromatic rings. The van der Waals surface area contributed by atoms with E-state index in [0.29, 0.717) is 0 Å². The van der Waals surface area contributed by atoms with Crippen LogP contribution in [-0.2, 0) is 9.22 Å². The van der Waals surface area contributed by atoms with Gasteiger partial charge >= 0.3 is 0 Å². The van der Waals surface area contributed by atoms with Gasteiger partial charge in [0.15, 0.2) is 8.32 Å². The number of alkyl halides is 2. The molecule has 90 valence electrons. The van der Waals surface area contributed by atoms with Crippen LogP contribution in [0.2, 0.25) is 18.1 Å². The highest BCUT2D eigenvalue weighted by Crippen LogP contribution is 2.37. The molecule has 0 saturated carbocycles. The lowest BCUT2D eigenvalue weighted by molar-refractivity contribution is -0.117. The zero-order valence-electron chi connectivity index (χ0n) is 10.1. The normalized spacial score (nSPS) is 14.1. The van der Waals surface area contributed by atoms with Gasteiger partial charge in [0.05, 0.1) is 13.0 Å². The molecule has 0 aliphatic carbocycles. The number of aldehydes is 1. The van der Waals surface area contributed by atoms with E-state index in [-0.39, 0.29) is 11.3 Å². The average Bonchev–Trinajstić information content (AvgIpc) is 1.99. The molecule has 0 saturated heterocycles. The van der Waals surface area contributed by atoms with Crippen molar-refractivity contribution >= 4 is 14.6 Å². The molecule has 0 N–H and O–H groups in total. The molecule has 0 fully saturated rings. The summed E-state index contributed by atoms with van der Waals surface area (Å²) >= 11 is 0. The summed E-state index contributed by atoms with van der Waals surface area (Å²) in [6, 6.07) is 0. The van der Waals surface area contributed by atoms with Crippen LogP contribution in [-0.4, -0.2) is 27.1 Å². The van der Waals surface area contributed by atoms with Crippen molar-refractivity contribution in [1.29, 1.82) is 0 Å². The quantitative estimate of drug-likeness (QED) is 0.543. The van der Waals surface area contributed by atoms with Crippen molar-refractivity contribution < 1.29 is 18.0 Å². The number of hydrogen-bond donors (Lipinski definition) is 0. The molecule has 0 spiro atoms. The van der Waals surface area contributed by atoms with Crippen LogP contribution in [0.4, 0.5) is 8.78 Å². The SMILES string of the molecule is CC(C)(C)[Si](C)(C)OCC(F)(F)CC=O. The third-order valence-corrected chi connectivity index (χ3v) is 7.31. The first-order valence-corrected chi connectivity index (χ1v) is 7.88. The molecule has 15 heavy (non-hydrogen) atoms. The summed E-state index contributed by atoms with van der Waals surface area (Å²) in [4.78, 5) is 10.0. The van der Waals surface area contributed by atoms with Crippen LogP contribution < -0.4 is 0 Å². The van der Waals surface area contributed by atoms with Gasteiger partial charge in [-0.1, -0.05) is 20.8 Å². The Kier molecular flexibility index (Phi) is 4.61. The largest absolute Gasteiger partial charge is 0.411 e. The van der Waals surface area contributed by atoms with Crippen LogP contribution in [0.3, 0.4) is 0 Å². The number of hydrogen-bond acceptors (Lipinski definition) is 2. The van der Waals surface area contributed by atoms with E-state index in [0.717, 1.165) is 0 Å². The monoisotopic (exact) mass is 238 g/mol. The molecule has 0 radical (unpaired) electrons. The molecule has 0 heterocycles. The molecule has 0 aliphatic rings. The van der Waals surface area contributed by atoms with Crippen LogP contribution >= 0.6 is 0 Å². The second-order valence-electron chi connectivity index (χ2n) is 5.28. The van der Waals surface area contributed by atoms with E-state index in [4.69, 9.17) is 4.43 Å². The van der Waals surface area contributed by atoms with Gasteiger partial charge in [-0.15, -0.1) is 0 Å². The second-order valence-corrected chi connectivity index (χ2v) is 10.1. The van der Waals surface area contributed by atoms with E-state index in [2.05, 4.69) is 0 Å². The summed E-state index contributed by atoms with van der Waals surface area (Å²) in [7, 11) is -2.14. The van der Waals surface area contributed by atoms with Gasteiger partial charge in [-0.25, -0.2) is 8.78 Å². The van der Waals surface area contributed by atoms with Crippen molar-refractivity contribution in [2.45, 2.75) is 51.2 Å². The lowest BCUT2D eigenvalue weighted by atomic mass is 10.2. The Morgan fingerprint density at radius 1 is 1.27 bits per heavy atom. The van der Waals surface area contributed by atoms with Crippen molar-refractivity contribution in [2.24, 2.45) is 0 Å². The molecular formula is C10H20F2O2Si. The number of halogens is 2. The summed E-state index contributed by atoms with van der Waals surface area (Å²) in [5.74, 6) is -3.03. The Morgan fingerprint density at radius 2 is 1.73 bits per heavy atom. The summed E-state index contributed by atoms with van der Waals surface area (Å²) in [5.41, 5.74) is 0. The first-order chi connectivity index (χ1) is 6.52. The number of carbonyl (C=O) groups excluding carboxylic acids is 1. The predicted octanol–water partition coefficient (Wildman–Crippen LogP) is 3.23. The van der Waals surface area contributed by atoms with Crippen LogP contribution in [0.15, 0.2) is 0 Å². The lowest BCUT2D eigenvalue weighted by Gasteiger charge is -2.37. The Bertz CT molecular complexity index is 222. The lowest BCUT2D eigenvalue weighted by Crippen LogP contribution is -2.44. The summed E-state index contributed by atoms with van der Waals surface area (Å²) in [6.45, 7) is 9.11. The van der Waals surface area contributed by atoms with Crippen molar-refractivity contribution in [3.63, 3.8) is 0 Å². The fourth-order valence-corrected chi connectivity index (χ4v) is 1.69. The van der Waals surface area contributed by atoms with E-state index >= 15 is 0 Å². The van der Waals surface area contributed by atoms with Crippen LogP contribution in [0, 0.1) is 0 Å². The fourth-order valence-electron chi connectivity index (χ4n) is 0.683. The molecule has 0 amide bonds. The van der Waals surface area contributed by atoms with Gasteiger partial charge in [0, 0.05) is 0 Å². The van der Waals surface area contributed by atoms with Crippen LogP contribution in [0.5, 0.6) is 0 Å². The van der Waals surface area contributed by atoms with Crippen LogP contribution in [0.1, 0.15) is 27.2 Å². The van der Waals surface area contributed by atoms with E-state index in [1.54, 1.807) is 0 Å². The summed E-state index contributed by atoms with van der Waals surface area (Å²) in [5, 5.41) is -0.0930. The third-order valence-electron chi connectivity index (χ3n) is 2.83. The highest BCUT2D eigenvalue weighted by Gasteiger charge is 2.40. The minimum Gasteiger partial charge on any atom is -0.411 e. The maximum atomic E-state index is 13.0. The van der Waals surface area contributed by atoms with Gasteiger partial charge in [0.1, 0.15) is 6.29 Å². The molecule has 0 rings (SSSR count). The molecule has 0 unspecified atom stereocenters. The third kappa shape index (κ3) is 4.84. The van der Waals surface area contributed by atoms with Gasteiger partial charge in [0.2, 0.25) is 0 Å². The molecule has 0 aromatic heterocycles. The fraction of sp³-hybridized carbons (Fsp3) is 0.900. The van der Waals surface area contributed by atoms with Crippen molar-refractivity contribution in [3.05, 3.63) is 0 Å². The van der Waals surface area contributed by atoms with E-state index in [1.807, 2.05) is 33.9 Å². The Hall–Kier alpha value is -0.293. The zero-order valence-corrected chi connectivity index (χ0v) is 11.1. The molecule has 2 nitrogen and oxygen atoms in total. The summed E-state index contributed by atoms with van der Waals surface area (Å²) < 4.78 is 31.4. The molecular weight excluding hydrogens is 218 g/mol. The van der Waals surface area contributed by atoms with Crippen molar-refractivity contribution in [2.75, 3.05) is 6.61 Å². The molecule has 0 aliphatic heterocycles. The highest BCUT2D eigenvalue weighted by molar-refractivity contribution is 6.74. The minimum atomic E-state index is -3.03. The zero-order chi connectivity index (χ0) is 12.3. The Balaban J connectivity index is 4.32. The number of rotatable bonds is 5. The molecule has 5 heteroatoms. The smallest absolute Gasteiger partial charge is 0.276 e. The van der Waals surface area contributed by atoms with Crippen molar-refractivity contribution in [3.8, 4) is 0 Å². The molecule has 0 aromatic carbocycles. The topological polar surface area (TPSA) is 26.3 Å². The molecule has 0 bridgehead atoms. The second kappa shape index (κ2) is 4.70. The number of carbonyl (C=O) groups is 1.